The highest BCUT2D eigenvalue weighted by atomic mass is 32.2. The van der Waals surface area contributed by atoms with Gasteiger partial charge in [0.05, 0.1) is 13.1 Å². The molecule has 0 amide bonds. The Hall–Kier alpha value is 0.170. The van der Waals surface area contributed by atoms with Crippen LogP contribution in [0.15, 0.2) is 0 Å². The van der Waals surface area contributed by atoms with Gasteiger partial charge < -0.3 is 0 Å². The van der Waals surface area contributed by atoms with Gasteiger partial charge in [-0.1, -0.05) is 11.9 Å². The Labute approximate surface area is 51.2 Å². The van der Waals surface area contributed by atoms with Crippen molar-refractivity contribution < 1.29 is 8.78 Å². The van der Waals surface area contributed by atoms with Crippen LogP contribution in [0.25, 0.3) is 0 Å². The number of halogens is 2. The highest BCUT2D eigenvalue weighted by Gasteiger charge is 2.43. The standard InChI is InChI=1S/C4H7F2NS/c1-8-7-2-4(5,6)3-7/h2-3H2,1H3. The van der Waals surface area contributed by atoms with Crippen LogP contribution in [0.1, 0.15) is 0 Å². The molecule has 0 bridgehead atoms. The lowest BCUT2D eigenvalue weighted by molar-refractivity contribution is -0.0903. The molecule has 0 aliphatic carbocycles. The normalized spacial score (nSPS) is 27.4. The Balaban J connectivity index is 2.21. The first-order valence-corrected chi connectivity index (χ1v) is 3.49. The summed E-state index contributed by atoms with van der Waals surface area (Å²) < 4.78 is 25.5. The molecule has 48 valence electrons. The van der Waals surface area contributed by atoms with Gasteiger partial charge in [0.1, 0.15) is 0 Å². The van der Waals surface area contributed by atoms with Crippen LogP contribution in [0.2, 0.25) is 0 Å². The number of rotatable bonds is 1. The lowest BCUT2D eigenvalue weighted by atomic mass is 10.2. The van der Waals surface area contributed by atoms with Gasteiger partial charge in [-0.3, -0.25) is 0 Å². The molecular formula is C4H7F2NS. The van der Waals surface area contributed by atoms with Crippen LogP contribution >= 0.6 is 11.9 Å². The van der Waals surface area contributed by atoms with Crippen molar-refractivity contribution in [3.05, 3.63) is 0 Å². The Morgan fingerprint density at radius 1 is 1.50 bits per heavy atom. The SMILES string of the molecule is CSN1CC(F)(F)C1. The number of hydrogen-bond donors (Lipinski definition) is 0. The second kappa shape index (κ2) is 1.84. The maximum atomic E-state index is 11.9. The van der Waals surface area contributed by atoms with Gasteiger partial charge >= 0.3 is 0 Å². The first-order valence-electron chi connectivity index (χ1n) is 2.31. The average molecular weight is 139 g/mol. The van der Waals surface area contributed by atoms with E-state index in [1.165, 1.54) is 11.9 Å². The molecule has 1 saturated heterocycles. The molecule has 0 spiro atoms. The molecule has 1 aliphatic heterocycles. The highest BCUT2D eigenvalue weighted by Crippen LogP contribution is 2.30. The third kappa shape index (κ3) is 1.11. The molecule has 0 radical (unpaired) electrons. The van der Waals surface area contributed by atoms with Gasteiger partial charge in [0, 0.05) is 0 Å². The maximum absolute atomic E-state index is 11.9. The van der Waals surface area contributed by atoms with Crippen molar-refractivity contribution in [2.24, 2.45) is 0 Å². The highest BCUT2D eigenvalue weighted by molar-refractivity contribution is 7.96. The van der Waals surface area contributed by atoms with Crippen molar-refractivity contribution in [2.75, 3.05) is 19.3 Å². The van der Waals surface area contributed by atoms with Crippen LogP contribution < -0.4 is 0 Å². The van der Waals surface area contributed by atoms with Crippen molar-refractivity contribution in [2.45, 2.75) is 5.92 Å². The Morgan fingerprint density at radius 3 is 2.12 bits per heavy atom. The summed E-state index contributed by atoms with van der Waals surface area (Å²) in [6.45, 7) is -0.150. The fraction of sp³-hybridized carbons (Fsp3) is 1.00. The molecule has 0 unspecified atom stereocenters. The van der Waals surface area contributed by atoms with Gasteiger partial charge in [-0.15, -0.1) is 0 Å². The largest absolute Gasteiger partial charge is 0.274 e. The van der Waals surface area contributed by atoms with E-state index in [4.69, 9.17) is 0 Å². The van der Waals surface area contributed by atoms with E-state index in [0.717, 1.165) is 0 Å². The molecule has 1 aliphatic rings. The summed E-state index contributed by atoms with van der Waals surface area (Å²) in [5, 5.41) is 0. The van der Waals surface area contributed by atoms with Crippen LogP contribution in [-0.2, 0) is 0 Å². The van der Waals surface area contributed by atoms with E-state index >= 15 is 0 Å². The topological polar surface area (TPSA) is 3.24 Å². The van der Waals surface area contributed by atoms with Crippen LogP contribution in [0, 0.1) is 0 Å². The summed E-state index contributed by atoms with van der Waals surface area (Å²) in [5.41, 5.74) is 0. The first-order chi connectivity index (χ1) is 3.64. The summed E-state index contributed by atoms with van der Waals surface area (Å²) in [7, 11) is 0. The summed E-state index contributed by atoms with van der Waals surface area (Å²) in [4.78, 5) is 0. The van der Waals surface area contributed by atoms with E-state index in [-0.39, 0.29) is 13.1 Å². The third-order valence-electron chi connectivity index (χ3n) is 1.07. The van der Waals surface area contributed by atoms with E-state index in [1.807, 2.05) is 0 Å². The molecule has 0 aromatic heterocycles. The van der Waals surface area contributed by atoms with Crippen LogP contribution in [0.5, 0.6) is 0 Å². The molecule has 1 heterocycles. The van der Waals surface area contributed by atoms with Gasteiger partial charge in [-0.05, 0) is 6.26 Å². The molecule has 0 atom stereocenters. The van der Waals surface area contributed by atoms with E-state index in [0.29, 0.717) is 0 Å². The zero-order chi connectivity index (χ0) is 6.20. The second-order valence-electron chi connectivity index (χ2n) is 1.84. The summed E-state index contributed by atoms with van der Waals surface area (Å²) in [6.07, 6.45) is 1.80. The summed E-state index contributed by atoms with van der Waals surface area (Å²) in [6, 6.07) is 0. The molecule has 0 aromatic carbocycles. The second-order valence-corrected chi connectivity index (χ2v) is 2.72. The van der Waals surface area contributed by atoms with Gasteiger partial charge in [0.2, 0.25) is 0 Å². The quantitative estimate of drug-likeness (QED) is 0.502. The minimum atomic E-state index is -2.40. The minimum Gasteiger partial charge on any atom is -0.239 e. The molecule has 4 heteroatoms. The maximum Gasteiger partial charge on any atom is 0.274 e. The number of alkyl halides is 2. The third-order valence-corrected chi connectivity index (χ3v) is 1.85. The molecule has 0 N–H and O–H groups in total. The molecular weight excluding hydrogens is 132 g/mol. The van der Waals surface area contributed by atoms with Crippen molar-refractivity contribution in [3.63, 3.8) is 0 Å². The van der Waals surface area contributed by atoms with Gasteiger partial charge in [0.25, 0.3) is 5.92 Å². The molecule has 0 aromatic rings. The smallest absolute Gasteiger partial charge is 0.239 e. The van der Waals surface area contributed by atoms with Crippen molar-refractivity contribution in [1.29, 1.82) is 0 Å². The Bertz CT molecular complexity index is 88.0. The number of hydrogen-bond acceptors (Lipinski definition) is 2. The Morgan fingerprint density at radius 2 is 2.00 bits per heavy atom. The van der Waals surface area contributed by atoms with E-state index < -0.39 is 5.92 Å². The average Bonchev–Trinajstić information content (AvgIpc) is 1.60. The van der Waals surface area contributed by atoms with Gasteiger partial charge in [0.15, 0.2) is 0 Å². The monoisotopic (exact) mass is 139 g/mol. The summed E-state index contributed by atoms with van der Waals surface area (Å²) in [5.74, 6) is -2.40. The lowest BCUT2D eigenvalue weighted by Crippen LogP contribution is -2.52. The summed E-state index contributed by atoms with van der Waals surface area (Å²) >= 11 is 1.37. The number of nitrogens with zero attached hydrogens (tertiary/aromatic N) is 1. The van der Waals surface area contributed by atoms with Crippen LogP contribution in [0.4, 0.5) is 8.78 Å². The predicted molar refractivity (Wildman–Crippen MR) is 30.0 cm³/mol. The zero-order valence-electron chi connectivity index (χ0n) is 4.53. The van der Waals surface area contributed by atoms with Crippen molar-refractivity contribution in [3.8, 4) is 0 Å². The fourth-order valence-electron chi connectivity index (χ4n) is 0.599. The molecule has 1 fully saturated rings. The molecule has 8 heavy (non-hydrogen) atoms. The zero-order valence-corrected chi connectivity index (χ0v) is 5.34. The minimum absolute atomic E-state index is 0.0752. The lowest BCUT2D eigenvalue weighted by Gasteiger charge is -2.36. The first kappa shape index (κ1) is 6.29. The van der Waals surface area contributed by atoms with Crippen LogP contribution in [0.3, 0.4) is 0 Å². The fourth-order valence-corrected chi connectivity index (χ4v) is 1.23. The molecule has 0 saturated carbocycles. The van der Waals surface area contributed by atoms with E-state index in [1.54, 1.807) is 10.6 Å². The molecule has 1 rings (SSSR count). The van der Waals surface area contributed by atoms with Crippen molar-refractivity contribution in [1.82, 2.24) is 4.31 Å². The van der Waals surface area contributed by atoms with E-state index in [9.17, 15) is 8.78 Å². The van der Waals surface area contributed by atoms with Gasteiger partial charge in [-0.25, -0.2) is 13.1 Å². The predicted octanol–water partition coefficient (Wildman–Crippen LogP) is 1.22. The Kier molecular flexibility index (Phi) is 1.45. The van der Waals surface area contributed by atoms with Crippen molar-refractivity contribution >= 4 is 11.9 Å². The van der Waals surface area contributed by atoms with Gasteiger partial charge in [-0.2, -0.15) is 0 Å². The van der Waals surface area contributed by atoms with E-state index in [2.05, 4.69) is 0 Å². The van der Waals surface area contributed by atoms with Crippen LogP contribution in [-0.4, -0.2) is 29.6 Å². The molecule has 1 nitrogen and oxygen atoms in total.